The zero-order valence-corrected chi connectivity index (χ0v) is 14.1. The van der Waals surface area contributed by atoms with Crippen LogP contribution in [0.5, 0.6) is 0 Å². The van der Waals surface area contributed by atoms with Crippen molar-refractivity contribution in [2.45, 2.75) is 51.9 Å². The van der Waals surface area contributed by atoms with Crippen LogP contribution in [0.1, 0.15) is 51.9 Å². The first-order chi connectivity index (χ1) is 9.79. The second-order valence-electron chi connectivity index (χ2n) is 6.31. The summed E-state index contributed by atoms with van der Waals surface area (Å²) in [4.78, 5) is 7.35. The van der Waals surface area contributed by atoms with Gasteiger partial charge in [-0.25, -0.2) is 0 Å². The van der Waals surface area contributed by atoms with Gasteiger partial charge in [-0.3, -0.25) is 4.99 Å². The SMILES string of the molecule is CCNC(=NCCCSC)N1CCC2(CCCCC2)C1. The summed E-state index contributed by atoms with van der Waals surface area (Å²) in [6.45, 7) is 6.55. The summed E-state index contributed by atoms with van der Waals surface area (Å²) >= 11 is 1.91. The Morgan fingerprint density at radius 2 is 2.05 bits per heavy atom. The van der Waals surface area contributed by atoms with Gasteiger partial charge in [0.05, 0.1) is 0 Å². The monoisotopic (exact) mass is 297 g/mol. The summed E-state index contributed by atoms with van der Waals surface area (Å²) in [5.41, 5.74) is 0.619. The topological polar surface area (TPSA) is 27.6 Å². The molecule has 2 fully saturated rings. The standard InChI is InChI=1S/C16H31N3S/c1-3-17-15(18-11-7-13-20-2)19-12-10-16(14-19)8-5-4-6-9-16/h3-14H2,1-2H3,(H,17,18). The third kappa shape index (κ3) is 4.31. The van der Waals surface area contributed by atoms with Gasteiger partial charge in [0.25, 0.3) is 0 Å². The molecule has 1 aliphatic heterocycles. The van der Waals surface area contributed by atoms with Crippen LogP contribution in [0, 0.1) is 5.41 Å². The van der Waals surface area contributed by atoms with Gasteiger partial charge in [0.2, 0.25) is 0 Å². The lowest BCUT2D eigenvalue weighted by Crippen LogP contribution is -2.41. The molecule has 1 heterocycles. The van der Waals surface area contributed by atoms with Gasteiger partial charge in [0.15, 0.2) is 5.96 Å². The Morgan fingerprint density at radius 3 is 2.75 bits per heavy atom. The predicted molar refractivity (Wildman–Crippen MR) is 90.7 cm³/mol. The molecule has 0 aromatic heterocycles. The maximum atomic E-state index is 4.83. The Morgan fingerprint density at radius 1 is 1.25 bits per heavy atom. The second kappa shape index (κ2) is 8.16. The Labute approximate surface area is 129 Å². The van der Waals surface area contributed by atoms with E-state index in [4.69, 9.17) is 4.99 Å². The summed E-state index contributed by atoms with van der Waals surface area (Å²) in [5.74, 6) is 2.38. The molecular weight excluding hydrogens is 266 g/mol. The lowest BCUT2D eigenvalue weighted by molar-refractivity contribution is 0.203. The highest BCUT2D eigenvalue weighted by molar-refractivity contribution is 7.98. The molecule has 0 unspecified atom stereocenters. The van der Waals surface area contributed by atoms with Gasteiger partial charge in [0, 0.05) is 26.2 Å². The summed E-state index contributed by atoms with van der Waals surface area (Å²) in [7, 11) is 0. The van der Waals surface area contributed by atoms with Gasteiger partial charge in [-0.15, -0.1) is 0 Å². The highest BCUT2D eigenvalue weighted by Crippen LogP contribution is 2.43. The lowest BCUT2D eigenvalue weighted by Gasteiger charge is -2.33. The Kier molecular flexibility index (Phi) is 6.53. The Bertz CT molecular complexity index is 311. The van der Waals surface area contributed by atoms with Crippen LogP contribution in [0.25, 0.3) is 0 Å². The van der Waals surface area contributed by atoms with Crippen LogP contribution < -0.4 is 5.32 Å². The number of thioether (sulfide) groups is 1. The molecular formula is C16H31N3S. The summed E-state index contributed by atoms with van der Waals surface area (Å²) in [6.07, 6.45) is 11.9. The molecule has 116 valence electrons. The van der Waals surface area contributed by atoms with Gasteiger partial charge in [-0.1, -0.05) is 19.3 Å². The van der Waals surface area contributed by atoms with Crippen molar-refractivity contribution in [3.05, 3.63) is 0 Å². The van der Waals surface area contributed by atoms with Gasteiger partial charge in [0.1, 0.15) is 0 Å². The van der Waals surface area contributed by atoms with Crippen molar-refractivity contribution in [2.24, 2.45) is 10.4 Å². The molecule has 0 radical (unpaired) electrons. The first-order valence-corrected chi connectivity index (χ1v) is 9.71. The summed E-state index contributed by atoms with van der Waals surface area (Å²) in [5, 5.41) is 3.49. The van der Waals surface area contributed by atoms with E-state index >= 15 is 0 Å². The molecule has 0 bridgehead atoms. The number of nitrogens with one attached hydrogen (secondary N) is 1. The van der Waals surface area contributed by atoms with Gasteiger partial charge in [-0.2, -0.15) is 11.8 Å². The average Bonchev–Trinajstić information content (AvgIpc) is 2.87. The minimum atomic E-state index is 0.619. The van der Waals surface area contributed by atoms with Crippen molar-refractivity contribution in [2.75, 3.05) is 38.2 Å². The van der Waals surface area contributed by atoms with Crippen molar-refractivity contribution in [1.82, 2.24) is 10.2 Å². The molecule has 20 heavy (non-hydrogen) atoms. The fraction of sp³-hybridized carbons (Fsp3) is 0.938. The molecule has 1 N–H and O–H groups in total. The minimum absolute atomic E-state index is 0.619. The molecule has 4 heteroatoms. The maximum Gasteiger partial charge on any atom is 0.193 e. The van der Waals surface area contributed by atoms with Crippen molar-refractivity contribution in [3.63, 3.8) is 0 Å². The van der Waals surface area contributed by atoms with E-state index in [2.05, 4.69) is 23.4 Å². The highest BCUT2D eigenvalue weighted by Gasteiger charge is 2.39. The third-order valence-electron chi connectivity index (χ3n) is 4.76. The van der Waals surface area contributed by atoms with E-state index in [1.807, 2.05) is 11.8 Å². The quantitative estimate of drug-likeness (QED) is 0.479. The van der Waals surface area contributed by atoms with Crippen molar-refractivity contribution in [1.29, 1.82) is 0 Å². The number of hydrogen-bond donors (Lipinski definition) is 1. The number of nitrogens with zero attached hydrogens (tertiary/aromatic N) is 2. The number of hydrogen-bond acceptors (Lipinski definition) is 2. The Balaban J connectivity index is 1.89. The zero-order valence-electron chi connectivity index (χ0n) is 13.3. The van der Waals surface area contributed by atoms with Gasteiger partial charge < -0.3 is 10.2 Å². The number of aliphatic imine (C=N–C) groups is 1. The van der Waals surface area contributed by atoms with E-state index in [1.54, 1.807) is 0 Å². The summed E-state index contributed by atoms with van der Waals surface area (Å²) < 4.78 is 0. The highest BCUT2D eigenvalue weighted by atomic mass is 32.2. The van der Waals surface area contributed by atoms with Crippen LogP contribution in [0.2, 0.25) is 0 Å². The van der Waals surface area contributed by atoms with E-state index in [9.17, 15) is 0 Å². The van der Waals surface area contributed by atoms with Gasteiger partial charge >= 0.3 is 0 Å². The van der Waals surface area contributed by atoms with Crippen LogP contribution in [0.3, 0.4) is 0 Å². The number of rotatable bonds is 5. The minimum Gasteiger partial charge on any atom is -0.357 e. The molecule has 1 spiro atoms. The number of guanidine groups is 1. The van der Waals surface area contributed by atoms with Crippen LogP contribution >= 0.6 is 11.8 Å². The fourth-order valence-corrected chi connectivity index (χ4v) is 4.06. The third-order valence-corrected chi connectivity index (χ3v) is 5.45. The van der Waals surface area contributed by atoms with Gasteiger partial charge in [-0.05, 0) is 50.0 Å². The molecule has 2 rings (SSSR count). The van der Waals surface area contributed by atoms with E-state index in [-0.39, 0.29) is 0 Å². The molecule has 0 aromatic carbocycles. The average molecular weight is 298 g/mol. The first kappa shape index (κ1) is 16.0. The van der Waals surface area contributed by atoms with Crippen molar-refractivity contribution in [3.8, 4) is 0 Å². The lowest BCUT2D eigenvalue weighted by atomic mass is 9.73. The molecule has 1 saturated heterocycles. The zero-order chi connectivity index (χ0) is 14.3. The van der Waals surface area contributed by atoms with Crippen LogP contribution in [0.4, 0.5) is 0 Å². The van der Waals surface area contributed by atoms with E-state index in [0.717, 1.165) is 19.0 Å². The molecule has 2 aliphatic rings. The summed E-state index contributed by atoms with van der Waals surface area (Å²) in [6, 6.07) is 0. The Hall–Kier alpha value is -0.380. The van der Waals surface area contributed by atoms with Crippen LogP contribution in [-0.2, 0) is 0 Å². The molecule has 0 amide bonds. The second-order valence-corrected chi connectivity index (χ2v) is 7.30. The number of likely N-dealkylation sites (tertiary alicyclic amines) is 1. The first-order valence-electron chi connectivity index (χ1n) is 8.32. The molecule has 3 nitrogen and oxygen atoms in total. The normalized spacial score (nSPS) is 22.5. The molecule has 1 aliphatic carbocycles. The smallest absolute Gasteiger partial charge is 0.193 e. The van der Waals surface area contributed by atoms with Crippen molar-refractivity contribution < 1.29 is 0 Å². The predicted octanol–water partition coefficient (Wildman–Crippen LogP) is 3.36. The molecule has 1 saturated carbocycles. The maximum absolute atomic E-state index is 4.83. The van der Waals surface area contributed by atoms with Crippen molar-refractivity contribution >= 4 is 17.7 Å². The largest absolute Gasteiger partial charge is 0.357 e. The van der Waals surface area contributed by atoms with Crippen LogP contribution in [0.15, 0.2) is 4.99 Å². The van der Waals surface area contributed by atoms with E-state index in [1.165, 1.54) is 63.8 Å². The fourth-order valence-electron chi connectivity index (χ4n) is 3.65. The molecule has 0 aromatic rings. The molecule has 0 atom stereocenters. The van der Waals surface area contributed by atoms with Crippen LogP contribution in [-0.4, -0.2) is 49.0 Å². The van der Waals surface area contributed by atoms with E-state index < -0.39 is 0 Å². The van der Waals surface area contributed by atoms with E-state index in [0.29, 0.717) is 5.41 Å².